The van der Waals surface area contributed by atoms with Gasteiger partial charge in [-0.25, -0.2) is 4.98 Å². The summed E-state index contributed by atoms with van der Waals surface area (Å²) < 4.78 is 5.35. The number of hydrogen-bond donors (Lipinski definition) is 1. The zero-order valence-corrected chi connectivity index (χ0v) is 14.4. The molecular formula is C18H21N5O2. The zero-order chi connectivity index (χ0) is 17.4. The molecule has 1 aromatic carbocycles. The Morgan fingerprint density at radius 3 is 2.96 bits per heavy atom. The minimum atomic E-state index is -0.0991. The van der Waals surface area contributed by atoms with Gasteiger partial charge in [-0.2, -0.15) is 4.98 Å². The number of hydrogen-bond acceptors (Lipinski definition) is 6. The van der Waals surface area contributed by atoms with Crippen molar-refractivity contribution in [1.29, 1.82) is 0 Å². The van der Waals surface area contributed by atoms with Gasteiger partial charge in [-0.05, 0) is 31.5 Å². The molecular weight excluding hydrogens is 318 g/mol. The molecule has 1 atom stereocenters. The monoisotopic (exact) mass is 339 g/mol. The number of nitrogens with zero attached hydrogens (tertiary/aromatic N) is 4. The Morgan fingerprint density at radius 2 is 2.16 bits per heavy atom. The van der Waals surface area contributed by atoms with E-state index in [1.165, 1.54) is 0 Å². The summed E-state index contributed by atoms with van der Waals surface area (Å²) in [5, 5.41) is 4.77. The summed E-state index contributed by atoms with van der Waals surface area (Å²) in [6.45, 7) is 5.56. The van der Waals surface area contributed by atoms with Crippen molar-refractivity contribution in [2.24, 2.45) is 0 Å². The van der Waals surface area contributed by atoms with Crippen molar-refractivity contribution in [3.05, 3.63) is 52.2 Å². The maximum Gasteiger partial charge on any atom is 0.258 e. The van der Waals surface area contributed by atoms with Gasteiger partial charge in [0.15, 0.2) is 5.82 Å². The molecule has 0 spiro atoms. The minimum absolute atomic E-state index is 0.0991. The third-order valence-electron chi connectivity index (χ3n) is 4.63. The number of aromatic nitrogens is 4. The summed E-state index contributed by atoms with van der Waals surface area (Å²) in [6.07, 6.45) is 2.04. The van der Waals surface area contributed by atoms with Gasteiger partial charge in [-0.15, -0.1) is 0 Å². The van der Waals surface area contributed by atoms with Gasteiger partial charge in [0.1, 0.15) is 5.82 Å². The Bertz CT molecular complexity index is 946. The number of para-hydroxylation sites is 1. The first kappa shape index (κ1) is 16.0. The van der Waals surface area contributed by atoms with Crippen LogP contribution in [0.5, 0.6) is 0 Å². The van der Waals surface area contributed by atoms with Crippen LogP contribution in [-0.4, -0.2) is 31.6 Å². The van der Waals surface area contributed by atoms with Crippen molar-refractivity contribution in [2.75, 3.05) is 6.54 Å². The van der Waals surface area contributed by atoms with E-state index in [1.807, 2.05) is 32.0 Å². The van der Waals surface area contributed by atoms with Gasteiger partial charge >= 0.3 is 0 Å². The number of aromatic amines is 1. The predicted molar refractivity (Wildman–Crippen MR) is 93.1 cm³/mol. The number of benzene rings is 1. The molecule has 130 valence electrons. The second kappa shape index (κ2) is 6.40. The first-order valence-electron chi connectivity index (χ1n) is 8.67. The van der Waals surface area contributed by atoms with Gasteiger partial charge in [-0.1, -0.05) is 31.1 Å². The topological polar surface area (TPSA) is 87.9 Å². The molecule has 1 saturated heterocycles. The molecule has 4 rings (SSSR count). The Kier molecular flexibility index (Phi) is 4.09. The lowest BCUT2D eigenvalue weighted by atomic mass is 10.2. The maximum atomic E-state index is 12.2. The van der Waals surface area contributed by atoms with Crippen LogP contribution >= 0.6 is 0 Å². The first-order chi connectivity index (χ1) is 12.1. The summed E-state index contributed by atoms with van der Waals surface area (Å²) in [5.41, 5.74) is 0.622. The Morgan fingerprint density at radius 1 is 1.32 bits per heavy atom. The molecule has 0 aliphatic carbocycles. The fourth-order valence-electron chi connectivity index (χ4n) is 3.33. The number of fused-ring (bicyclic) bond motifs is 1. The third-order valence-corrected chi connectivity index (χ3v) is 4.63. The van der Waals surface area contributed by atoms with Crippen LogP contribution in [-0.2, 0) is 6.54 Å². The van der Waals surface area contributed by atoms with Gasteiger partial charge in [0, 0.05) is 5.92 Å². The van der Waals surface area contributed by atoms with E-state index in [4.69, 9.17) is 4.52 Å². The van der Waals surface area contributed by atoms with E-state index in [0.29, 0.717) is 23.6 Å². The Labute approximate surface area is 145 Å². The van der Waals surface area contributed by atoms with Crippen molar-refractivity contribution in [1.82, 2.24) is 25.0 Å². The predicted octanol–water partition coefficient (Wildman–Crippen LogP) is 2.77. The van der Waals surface area contributed by atoms with Crippen molar-refractivity contribution < 1.29 is 4.52 Å². The highest BCUT2D eigenvalue weighted by atomic mass is 16.5. The van der Waals surface area contributed by atoms with Crippen LogP contribution in [0.1, 0.15) is 56.2 Å². The van der Waals surface area contributed by atoms with Crippen molar-refractivity contribution in [3.8, 4) is 0 Å². The lowest BCUT2D eigenvalue weighted by Gasteiger charge is -2.21. The third kappa shape index (κ3) is 3.07. The highest BCUT2D eigenvalue weighted by Crippen LogP contribution is 2.31. The highest BCUT2D eigenvalue weighted by Gasteiger charge is 2.30. The molecule has 1 N–H and O–H groups in total. The van der Waals surface area contributed by atoms with Gasteiger partial charge in [0.05, 0.1) is 23.5 Å². The molecule has 3 heterocycles. The standard InChI is InChI=1S/C18H21N5O2/c1-11(2)18-21-16(22-25-18)14-8-5-9-23(14)10-15-19-13-7-4-3-6-12(13)17(24)20-15/h3-4,6-7,11,14H,5,8-10H2,1-2H3,(H,19,20,24)/t14-/m1/s1. The van der Waals surface area contributed by atoms with E-state index in [9.17, 15) is 4.79 Å². The summed E-state index contributed by atoms with van der Waals surface area (Å²) in [7, 11) is 0. The number of rotatable bonds is 4. The van der Waals surface area contributed by atoms with E-state index in [2.05, 4.69) is 25.0 Å². The number of nitrogens with one attached hydrogen (secondary N) is 1. The second-order valence-corrected chi connectivity index (χ2v) is 6.80. The van der Waals surface area contributed by atoms with E-state index < -0.39 is 0 Å². The van der Waals surface area contributed by atoms with Crippen LogP contribution in [0.3, 0.4) is 0 Å². The SMILES string of the molecule is CC(C)c1nc([C@H]2CCCN2Cc2nc3ccccc3c(=O)[nH]2)no1. The van der Waals surface area contributed by atoms with Crippen LogP contribution in [0.25, 0.3) is 10.9 Å². The maximum absolute atomic E-state index is 12.2. The van der Waals surface area contributed by atoms with Gasteiger partial charge in [0.25, 0.3) is 5.56 Å². The average Bonchev–Trinajstić information content (AvgIpc) is 3.24. The second-order valence-electron chi connectivity index (χ2n) is 6.80. The molecule has 1 fully saturated rings. The quantitative estimate of drug-likeness (QED) is 0.786. The Hall–Kier alpha value is -2.54. The van der Waals surface area contributed by atoms with E-state index in [0.717, 1.165) is 30.7 Å². The lowest BCUT2D eigenvalue weighted by Crippen LogP contribution is -2.26. The fraction of sp³-hybridized carbons (Fsp3) is 0.444. The normalized spacial score (nSPS) is 18.4. The summed E-state index contributed by atoms with van der Waals surface area (Å²) in [6, 6.07) is 7.50. The largest absolute Gasteiger partial charge is 0.339 e. The van der Waals surface area contributed by atoms with E-state index >= 15 is 0 Å². The number of H-pyrrole nitrogens is 1. The van der Waals surface area contributed by atoms with Crippen LogP contribution in [0.15, 0.2) is 33.6 Å². The molecule has 0 radical (unpaired) electrons. The Balaban J connectivity index is 1.60. The summed E-state index contributed by atoms with van der Waals surface area (Å²) in [5.74, 6) is 2.28. The molecule has 7 heteroatoms. The van der Waals surface area contributed by atoms with E-state index in [-0.39, 0.29) is 17.5 Å². The van der Waals surface area contributed by atoms with Gasteiger partial charge < -0.3 is 9.51 Å². The first-order valence-corrected chi connectivity index (χ1v) is 8.67. The summed E-state index contributed by atoms with van der Waals surface area (Å²) in [4.78, 5) is 26.5. The van der Waals surface area contributed by atoms with Crippen molar-refractivity contribution >= 4 is 10.9 Å². The zero-order valence-electron chi connectivity index (χ0n) is 14.4. The molecule has 0 bridgehead atoms. The number of likely N-dealkylation sites (tertiary alicyclic amines) is 1. The lowest BCUT2D eigenvalue weighted by molar-refractivity contribution is 0.228. The molecule has 7 nitrogen and oxygen atoms in total. The fourth-order valence-corrected chi connectivity index (χ4v) is 3.33. The molecule has 1 aliphatic rings. The van der Waals surface area contributed by atoms with Crippen LogP contribution in [0.2, 0.25) is 0 Å². The summed E-state index contributed by atoms with van der Waals surface area (Å²) >= 11 is 0. The molecule has 0 unspecified atom stereocenters. The molecule has 0 amide bonds. The highest BCUT2D eigenvalue weighted by molar-refractivity contribution is 5.77. The van der Waals surface area contributed by atoms with Gasteiger partial charge in [-0.3, -0.25) is 9.69 Å². The van der Waals surface area contributed by atoms with Crippen LogP contribution < -0.4 is 5.56 Å². The van der Waals surface area contributed by atoms with Gasteiger partial charge in [0.2, 0.25) is 5.89 Å². The van der Waals surface area contributed by atoms with E-state index in [1.54, 1.807) is 6.07 Å². The molecule has 0 saturated carbocycles. The molecule has 25 heavy (non-hydrogen) atoms. The molecule has 3 aromatic rings. The molecule has 1 aliphatic heterocycles. The molecule has 2 aromatic heterocycles. The smallest absolute Gasteiger partial charge is 0.258 e. The average molecular weight is 339 g/mol. The van der Waals surface area contributed by atoms with Crippen LogP contribution in [0.4, 0.5) is 0 Å². The van der Waals surface area contributed by atoms with Crippen molar-refractivity contribution in [3.63, 3.8) is 0 Å². The minimum Gasteiger partial charge on any atom is -0.339 e. The van der Waals surface area contributed by atoms with Crippen LogP contribution in [0, 0.1) is 0 Å². The van der Waals surface area contributed by atoms with Crippen molar-refractivity contribution in [2.45, 2.75) is 45.2 Å².